The highest BCUT2D eigenvalue weighted by atomic mass is 32.2. The van der Waals surface area contributed by atoms with Crippen molar-refractivity contribution in [3.05, 3.63) is 34.9 Å². The van der Waals surface area contributed by atoms with Crippen molar-refractivity contribution in [2.75, 3.05) is 5.75 Å². The molecule has 5 heteroatoms. The van der Waals surface area contributed by atoms with E-state index in [0.717, 1.165) is 11.1 Å². The van der Waals surface area contributed by atoms with E-state index < -0.39 is 17.0 Å². The first kappa shape index (κ1) is 11.9. The predicted molar refractivity (Wildman–Crippen MR) is 55.6 cm³/mol. The Balaban J connectivity index is 2.83. The monoisotopic (exact) mass is 227 g/mol. The van der Waals surface area contributed by atoms with Gasteiger partial charge in [0.2, 0.25) is 0 Å². The lowest BCUT2D eigenvalue weighted by Crippen LogP contribution is -2.03. The number of carboxylic acid groups (broad SMARTS) is 1. The van der Waals surface area contributed by atoms with E-state index in [-0.39, 0.29) is 11.3 Å². The fourth-order valence-electron chi connectivity index (χ4n) is 1.30. The average Bonchev–Trinajstić information content (AvgIpc) is 2.15. The van der Waals surface area contributed by atoms with E-state index in [4.69, 9.17) is 5.11 Å². The topological polar surface area (TPSA) is 77.4 Å². The van der Waals surface area contributed by atoms with Crippen LogP contribution < -0.4 is 0 Å². The van der Waals surface area contributed by atoms with E-state index in [1.807, 2.05) is 0 Å². The number of benzene rings is 1. The highest BCUT2D eigenvalue weighted by Gasteiger charge is 2.05. The van der Waals surface area contributed by atoms with Gasteiger partial charge in [0.15, 0.2) is 0 Å². The second-order valence-corrected chi connectivity index (χ2v) is 4.22. The van der Waals surface area contributed by atoms with Gasteiger partial charge in [-0.1, -0.05) is 17.1 Å². The lowest BCUT2D eigenvalue weighted by molar-refractivity contribution is 0.0696. The van der Waals surface area contributed by atoms with Crippen LogP contribution in [0.1, 0.15) is 21.5 Å². The summed E-state index contributed by atoms with van der Waals surface area (Å²) in [6, 6.07) is 4.69. The molecule has 1 N–H and O–H groups in total. The minimum Gasteiger partial charge on any atom is -0.772 e. The lowest BCUT2D eigenvalue weighted by Gasteiger charge is -2.08. The Hall–Kier alpha value is -1.20. The largest absolute Gasteiger partial charge is 0.772 e. The molecule has 0 radical (unpaired) electrons. The number of carboxylic acids is 1. The van der Waals surface area contributed by atoms with Crippen LogP contribution in [0.2, 0.25) is 0 Å². The van der Waals surface area contributed by atoms with Gasteiger partial charge in [0, 0.05) is 5.75 Å². The summed E-state index contributed by atoms with van der Waals surface area (Å²) in [5.41, 5.74) is 1.89. The first-order valence-electron chi connectivity index (χ1n) is 4.39. The first-order valence-corrected chi connectivity index (χ1v) is 5.64. The Morgan fingerprint density at radius 3 is 2.67 bits per heavy atom. The Morgan fingerprint density at radius 2 is 2.20 bits per heavy atom. The van der Waals surface area contributed by atoms with Crippen LogP contribution >= 0.6 is 0 Å². The van der Waals surface area contributed by atoms with Gasteiger partial charge in [-0.2, -0.15) is 0 Å². The van der Waals surface area contributed by atoms with Crippen LogP contribution in [0.3, 0.4) is 0 Å². The van der Waals surface area contributed by atoms with E-state index in [1.54, 1.807) is 19.1 Å². The molecule has 0 amide bonds. The van der Waals surface area contributed by atoms with E-state index in [2.05, 4.69) is 0 Å². The molecule has 0 saturated carbocycles. The van der Waals surface area contributed by atoms with E-state index in [0.29, 0.717) is 6.42 Å². The smallest absolute Gasteiger partial charge is 0.335 e. The predicted octanol–water partition coefficient (Wildman–Crippen LogP) is 1.11. The van der Waals surface area contributed by atoms with Gasteiger partial charge in [0.25, 0.3) is 0 Å². The van der Waals surface area contributed by atoms with Crippen molar-refractivity contribution in [1.82, 2.24) is 0 Å². The summed E-state index contributed by atoms with van der Waals surface area (Å²) < 4.78 is 20.7. The Kier molecular flexibility index (Phi) is 3.99. The molecular weight excluding hydrogens is 216 g/mol. The zero-order valence-electron chi connectivity index (χ0n) is 8.23. The number of hydrogen-bond acceptors (Lipinski definition) is 3. The van der Waals surface area contributed by atoms with Gasteiger partial charge in [-0.05, 0) is 36.6 Å². The fourth-order valence-corrected chi connectivity index (χ4v) is 1.69. The summed E-state index contributed by atoms with van der Waals surface area (Å²) in [4.78, 5) is 10.6. The first-order chi connectivity index (χ1) is 7.00. The molecule has 0 heterocycles. The summed E-state index contributed by atoms with van der Waals surface area (Å²) >= 11 is -2.05. The molecule has 0 aliphatic rings. The molecule has 1 unspecified atom stereocenters. The second kappa shape index (κ2) is 5.04. The molecule has 0 saturated heterocycles. The summed E-state index contributed by atoms with van der Waals surface area (Å²) in [5.74, 6) is -0.912. The number of hydrogen-bond donors (Lipinski definition) is 1. The van der Waals surface area contributed by atoms with Gasteiger partial charge in [0.05, 0.1) is 5.56 Å². The van der Waals surface area contributed by atoms with Crippen molar-refractivity contribution in [2.24, 2.45) is 0 Å². The average molecular weight is 227 g/mol. The summed E-state index contributed by atoms with van der Waals surface area (Å²) in [5, 5.41) is 8.72. The fraction of sp³-hybridized carbons (Fsp3) is 0.300. The van der Waals surface area contributed by atoms with Crippen LogP contribution in [0.15, 0.2) is 18.2 Å². The van der Waals surface area contributed by atoms with Gasteiger partial charge >= 0.3 is 5.97 Å². The molecule has 1 rings (SSSR count). The normalized spacial score (nSPS) is 12.4. The van der Waals surface area contributed by atoms with E-state index >= 15 is 0 Å². The van der Waals surface area contributed by atoms with Crippen LogP contribution in [0.25, 0.3) is 0 Å². The summed E-state index contributed by atoms with van der Waals surface area (Å²) in [6.45, 7) is 1.77. The molecular formula is C10H11O4S-. The molecule has 15 heavy (non-hydrogen) atoms. The van der Waals surface area contributed by atoms with Crippen molar-refractivity contribution in [3.63, 3.8) is 0 Å². The third-order valence-corrected chi connectivity index (χ3v) is 2.67. The molecule has 1 aromatic rings. The summed E-state index contributed by atoms with van der Waals surface area (Å²) in [7, 11) is 0. The van der Waals surface area contributed by atoms with Gasteiger partial charge in [0.1, 0.15) is 0 Å². The standard InChI is InChI=1S/C10H12O4S/c1-7-6-9(10(11)12)3-2-8(7)4-5-15(13)14/h2-3,6H,4-5H2,1H3,(H,11,12)(H,13,14)/p-1. The Labute approximate surface area is 90.2 Å². The van der Waals surface area contributed by atoms with Crippen molar-refractivity contribution in [1.29, 1.82) is 0 Å². The van der Waals surface area contributed by atoms with E-state index in [1.165, 1.54) is 6.07 Å². The van der Waals surface area contributed by atoms with Crippen molar-refractivity contribution >= 4 is 17.0 Å². The van der Waals surface area contributed by atoms with Crippen LogP contribution in [0, 0.1) is 6.92 Å². The van der Waals surface area contributed by atoms with Crippen molar-refractivity contribution < 1.29 is 18.7 Å². The van der Waals surface area contributed by atoms with Crippen molar-refractivity contribution in [2.45, 2.75) is 13.3 Å². The Morgan fingerprint density at radius 1 is 1.53 bits per heavy atom. The third-order valence-electron chi connectivity index (χ3n) is 2.13. The zero-order chi connectivity index (χ0) is 11.4. The quantitative estimate of drug-likeness (QED) is 0.782. The molecule has 0 spiro atoms. The van der Waals surface area contributed by atoms with Crippen LogP contribution in [-0.4, -0.2) is 25.6 Å². The second-order valence-electron chi connectivity index (χ2n) is 3.20. The van der Waals surface area contributed by atoms with E-state index in [9.17, 15) is 13.6 Å². The minimum absolute atomic E-state index is 0.0628. The highest BCUT2D eigenvalue weighted by Crippen LogP contribution is 2.12. The molecule has 0 aliphatic carbocycles. The molecule has 82 valence electrons. The maximum Gasteiger partial charge on any atom is 0.335 e. The molecule has 0 bridgehead atoms. The number of aromatic carboxylic acids is 1. The lowest BCUT2D eigenvalue weighted by atomic mass is 10.0. The maximum absolute atomic E-state index is 10.6. The van der Waals surface area contributed by atoms with Gasteiger partial charge in [-0.3, -0.25) is 4.21 Å². The third kappa shape index (κ3) is 3.45. The molecule has 0 aromatic heterocycles. The summed E-state index contributed by atoms with van der Waals surface area (Å²) in [6.07, 6.45) is 0.418. The highest BCUT2D eigenvalue weighted by molar-refractivity contribution is 7.79. The van der Waals surface area contributed by atoms with Gasteiger partial charge in [-0.15, -0.1) is 0 Å². The minimum atomic E-state index is -2.05. The molecule has 1 aromatic carbocycles. The Bertz CT molecular complexity index is 400. The molecule has 0 aliphatic heterocycles. The van der Waals surface area contributed by atoms with Crippen LogP contribution in [0.4, 0.5) is 0 Å². The maximum atomic E-state index is 10.6. The SMILES string of the molecule is Cc1cc(C(=O)O)ccc1CCS(=O)[O-]. The molecule has 0 fully saturated rings. The van der Waals surface area contributed by atoms with Crippen molar-refractivity contribution in [3.8, 4) is 0 Å². The zero-order valence-corrected chi connectivity index (χ0v) is 9.04. The van der Waals surface area contributed by atoms with Crippen LogP contribution in [0.5, 0.6) is 0 Å². The van der Waals surface area contributed by atoms with Gasteiger partial charge in [-0.25, -0.2) is 4.79 Å². The number of carbonyl (C=O) groups is 1. The molecule has 1 atom stereocenters. The molecule has 4 nitrogen and oxygen atoms in total. The van der Waals surface area contributed by atoms with Gasteiger partial charge < -0.3 is 9.66 Å². The number of rotatable bonds is 4. The van der Waals surface area contributed by atoms with Crippen LogP contribution in [-0.2, 0) is 17.5 Å². The number of aryl methyl sites for hydroxylation is 2.